The summed E-state index contributed by atoms with van der Waals surface area (Å²) in [6.07, 6.45) is 0. The molecular formula is C11H11IO6. The van der Waals surface area contributed by atoms with Gasteiger partial charge in [-0.05, 0) is 37.5 Å². The van der Waals surface area contributed by atoms with Gasteiger partial charge in [0.2, 0.25) is 0 Å². The molecule has 0 aromatic heterocycles. The third-order valence-electron chi connectivity index (χ3n) is 2.82. The van der Waals surface area contributed by atoms with E-state index in [0.29, 0.717) is 0 Å². The van der Waals surface area contributed by atoms with Crippen molar-refractivity contribution in [3.63, 3.8) is 0 Å². The second kappa shape index (κ2) is 5.01. The Bertz CT molecular complexity index is 619. The number of carboxylic acids is 2. The third-order valence-corrected chi connectivity index (χ3v) is 5.05. The number of benzene rings is 1. The van der Waals surface area contributed by atoms with Gasteiger partial charge in [0, 0.05) is 0 Å². The lowest BCUT2D eigenvalue weighted by Crippen LogP contribution is -2.13. The third kappa shape index (κ3) is 2.22. The molecule has 0 aliphatic carbocycles. The van der Waals surface area contributed by atoms with Gasteiger partial charge in [0.1, 0.15) is 0 Å². The zero-order valence-corrected chi connectivity index (χ0v) is 12.1. The molecule has 0 spiro atoms. The average molecular weight is 366 g/mol. The molecule has 6 nitrogen and oxygen atoms in total. The molecule has 0 aliphatic heterocycles. The average Bonchev–Trinajstić information content (AvgIpc) is 2.21. The van der Waals surface area contributed by atoms with Gasteiger partial charge in [-0.25, -0.2) is 15.7 Å². The SMILES string of the molecule is Cc1c(C)c(C(=O)O)c(I(=O)=O)c(C)c1C(=O)O. The summed E-state index contributed by atoms with van der Waals surface area (Å²) >= 11 is -4.10. The Kier molecular flexibility index (Phi) is 4.05. The fourth-order valence-electron chi connectivity index (χ4n) is 1.89. The number of rotatable bonds is 3. The number of aromatic carboxylic acids is 2. The standard InChI is InChI=1S/C11H11IO6/c1-4-5(2)8(11(15)16)9(12(17)18)6(3)7(4)10(13)14/h1-3H3,(H,13,14)(H,15,16). The first kappa shape index (κ1) is 14.6. The molecule has 0 saturated heterocycles. The summed E-state index contributed by atoms with van der Waals surface area (Å²) < 4.78 is 22.2. The van der Waals surface area contributed by atoms with Gasteiger partial charge in [0.15, 0.2) is 0 Å². The van der Waals surface area contributed by atoms with E-state index in [4.69, 9.17) is 10.2 Å². The summed E-state index contributed by atoms with van der Waals surface area (Å²) in [5.74, 6) is -2.62. The zero-order chi connectivity index (χ0) is 14.2. The molecule has 1 aromatic rings. The van der Waals surface area contributed by atoms with E-state index in [9.17, 15) is 15.7 Å². The number of hydrogen-bond donors (Lipinski definition) is 2. The second-order valence-electron chi connectivity index (χ2n) is 3.77. The van der Waals surface area contributed by atoms with E-state index >= 15 is 0 Å². The minimum absolute atomic E-state index is 0.00167. The molecule has 0 amide bonds. The Morgan fingerprint density at radius 1 is 0.833 bits per heavy atom. The van der Waals surface area contributed by atoms with Gasteiger partial charge in [0.05, 0.1) is 14.7 Å². The molecule has 0 heterocycles. The highest BCUT2D eigenvalue weighted by Crippen LogP contribution is 2.33. The van der Waals surface area contributed by atoms with Crippen LogP contribution in [0.1, 0.15) is 37.4 Å². The van der Waals surface area contributed by atoms with Crippen molar-refractivity contribution in [2.75, 3.05) is 0 Å². The molecule has 0 bridgehead atoms. The van der Waals surface area contributed by atoms with Crippen molar-refractivity contribution in [2.45, 2.75) is 20.8 Å². The molecule has 18 heavy (non-hydrogen) atoms. The monoisotopic (exact) mass is 366 g/mol. The first-order valence-corrected chi connectivity index (χ1v) is 7.69. The van der Waals surface area contributed by atoms with Gasteiger partial charge < -0.3 is 10.2 Å². The highest BCUT2D eigenvalue weighted by atomic mass is 127. The summed E-state index contributed by atoms with van der Waals surface area (Å²) in [6.45, 7) is 4.20. The summed E-state index contributed by atoms with van der Waals surface area (Å²) in [6, 6.07) is 0. The van der Waals surface area contributed by atoms with Crippen molar-refractivity contribution in [1.82, 2.24) is 0 Å². The molecule has 2 N–H and O–H groups in total. The Morgan fingerprint density at radius 3 is 1.56 bits per heavy atom. The minimum atomic E-state index is -4.10. The molecular weight excluding hydrogens is 355 g/mol. The number of carboxylic acid groups (broad SMARTS) is 2. The lowest BCUT2D eigenvalue weighted by atomic mass is 9.94. The van der Waals surface area contributed by atoms with Crippen molar-refractivity contribution in [3.8, 4) is 0 Å². The first-order chi connectivity index (χ1) is 8.20. The molecule has 0 unspecified atom stereocenters. The number of carbonyl (C=O) groups is 2. The fraction of sp³-hybridized carbons (Fsp3) is 0.273. The highest BCUT2D eigenvalue weighted by molar-refractivity contribution is 14.2. The Labute approximate surface area is 110 Å². The summed E-state index contributed by atoms with van der Waals surface area (Å²) in [4.78, 5) is 22.2. The fourth-order valence-corrected chi connectivity index (χ4v) is 3.89. The molecule has 7 heteroatoms. The molecule has 1 rings (SSSR count). The van der Waals surface area contributed by atoms with Crippen molar-refractivity contribution in [1.29, 1.82) is 0 Å². The maximum absolute atomic E-state index is 11.3. The van der Waals surface area contributed by atoms with Crippen LogP contribution in [0.15, 0.2) is 0 Å². The van der Waals surface area contributed by atoms with Crippen LogP contribution in [0.25, 0.3) is 0 Å². The van der Waals surface area contributed by atoms with E-state index in [1.165, 1.54) is 20.8 Å². The maximum atomic E-state index is 11.3. The van der Waals surface area contributed by atoms with Gasteiger partial charge in [-0.2, -0.15) is 0 Å². The van der Waals surface area contributed by atoms with Crippen LogP contribution < -0.4 is 0 Å². The van der Waals surface area contributed by atoms with E-state index in [1.54, 1.807) is 0 Å². The molecule has 98 valence electrons. The van der Waals surface area contributed by atoms with E-state index in [2.05, 4.69) is 0 Å². The Balaban J connectivity index is 4.00. The Hall–Kier alpha value is -1.51. The van der Waals surface area contributed by atoms with Crippen molar-refractivity contribution < 1.29 is 25.9 Å². The maximum Gasteiger partial charge on any atom is 0.342 e. The normalized spacial score (nSPS) is 10.7. The van der Waals surface area contributed by atoms with Crippen LogP contribution in [0.5, 0.6) is 0 Å². The quantitative estimate of drug-likeness (QED) is 0.795. The lowest BCUT2D eigenvalue weighted by Gasteiger charge is -2.14. The van der Waals surface area contributed by atoms with Gasteiger partial charge in [0.25, 0.3) is 0 Å². The molecule has 1 aromatic carbocycles. The molecule has 0 aliphatic rings. The van der Waals surface area contributed by atoms with Crippen LogP contribution in [0.3, 0.4) is 0 Å². The predicted molar refractivity (Wildman–Crippen MR) is 68.7 cm³/mol. The van der Waals surface area contributed by atoms with E-state index in [0.717, 1.165) is 0 Å². The molecule has 0 atom stereocenters. The van der Waals surface area contributed by atoms with E-state index in [1.807, 2.05) is 0 Å². The Morgan fingerprint density at radius 2 is 1.22 bits per heavy atom. The van der Waals surface area contributed by atoms with Crippen LogP contribution in [0.2, 0.25) is 0 Å². The van der Waals surface area contributed by atoms with Crippen LogP contribution in [-0.2, 0) is 6.14 Å². The predicted octanol–water partition coefficient (Wildman–Crippen LogP) is 2.38. The van der Waals surface area contributed by atoms with E-state index < -0.39 is 31.7 Å². The van der Waals surface area contributed by atoms with Crippen molar-refractivity contribution in [2.24, 2.45) is 0 Å². The zero-order valence-electron chi connectivity index (χ0n) is 9.91. The van der Waals surface area contributed by atoms with Gasteiger partial charge >= 0.3 is 31.7 Å². The van der Waals surface area contributed by atoms with E-state index in [-0.39, 0.29) is 31.4 Å². The smallest absolute Gasteiger partial charge is 0.342 e. The lowest BCUT2D eigenvalue weighted by molar-refractivity contribution is 0.0678. The minimum Gasteiger partial charge on any atom is -0.478 e. The second-order valence-corrected chi connectivity index (χ2v) is 6.09. The van der Waals surface area contributed by atoms with Crippen LogP contribution in [0, 0.1) is 24.3 Å². The van der Waals surface area contributed by atoms with Gasteiger partial charge in [-0.15, -0.1) is 0 Å². The summed E-state index contributed by atoms with van der Waals surface area (Å²) in [5.41, 5.74) is -0.00160. The van der Waals surface area contributed by atoms with Crippen LogP contribution in [-0.4, -0.2) is 22.2 Å². The first-order valence-electron chi connectivity index (χ1n) is 4.85. The molecule has 0 saturated carbocycles. The number of halogens is 1. The van der Waals surface area contributed by atoms with Gasteiger partial charge in [-0.3, -0.25) is 0 Å². The molecule has 0 fully saturated rings. The molecule has 0 radical (unpaired) electrons. The van der Waals surface area contributed by atoms with Crippen molar-refractivity contribution >= 4 is 31.7 Å². The number of hydrogen-bond acceptors (Lipinski definition) is 4. The summed E-state index contributed by atoms with van der Waals surface area (Å²) in [7, 11) is 0. The van der Waals surface area contributed by atoms with Crippen molar-refractivity contribution in [3.05, 3.63) is 31.4 Å². The topological polar surface area (TPSA) is 109 Å². The van der Waals surface area contributed by atoms with Crippen LogP contribution in [0.4, 0.5) is 0 Å². The summed E-state index contributed by atoms with van der Waals surface area (Å²) in [5, 5.41) is 18.1. The largest absolute Gasteiger partial charge is 0.478 e. The van der Waals surface area contributed by atoms with Crippen LogP contribution >= 0.6 is 19.8 Å². The highest BCUT2D eigenvalue weighted by Gasteiger charge is 2.27. The van der Waals surface area contributed by atoms with Gasteiger partial charge in [-0.1, -0.05) is 0 Å².